The number of rotatable bonds is 3. The van der Waals surface area contributed by atoms with E-state index in [-0.39, 0.29) is 6.42 Å². The summed E-state index contributed by atoms with van der Waals surface area (Å²) in [6.45, 7) is 3.80. The zero-order chi connectivity index (χ0) is 11.5. The van der Waals surface area contributed by atoms with E-state index in [1.54, 1.807) is 6.07 Å². The summed E-state index contributed by atoms with van der Waals surface area (Å²) in [5.41, 5.74) is 1.41. The van der Waals surface area contributed by atoms with Gasteiger partial charge in [0.1, 0.15) is 0 Å². The van der Waals surface area contributed by atoms with E-state index in [1.807, 2.05) is 6.92 Å². The lowest BCUT2D eigenvalue weighted by Gasteiger charge is -2.16. The van der Waals surface area contributed by atoms with Crippen LogP contribution in [0, 0.1) is 6.92 Å². The minimum Gasteiger partial charge on any atom is -0.481 e. The lowest BCUT2D eigenvalue weighted by molar-refractivity contribution is -0.136. The maximum absolute atomic E-state index is 10.6. The average molecular weight is 221 g/mol. The van der Waals surface area contributed by atoms with Crippen molar-refractivity contribution in [3.8, 4) is 0 Å². The third-order valence-corrected chi connectivity index (χ3v) is 2.62. The molecule has 0 aliphatic carbocycles. The maximum Gasteiger partial charge on any atom is 0.309 e. The van der Waals surface area contributed by atoms with Gasteiger partial charge in [0.15, 0.2) is 0 Å². The predicted molar refractivity (Wildman–Crippen MR) is 59.6 cm³/mol. The summed E-state index contributed by atoms with van der Waals surface area (Å²) in [5.74, 6) is -0.181. The molecule has 1 fully saturated rings. The summed E-state index contributed by atoms with van der Waals surface area (Å²) in [5, 5.41) is 8.74. The number of aryl methyl sites for hydroxylation is 1. The second-order valence-corrected chi connectivity index (χ2v) is 4.07. The lowest BCUT2D eigenvalue weighted by atomic mass is 10.2. The Labute approximate surface area is 94.1 Å². The summed E-state index contributed by atoms with van der Waals surface area (Å²) in [6.07, 6.45) is 2.28. The Morgan fingerprint density at radius 1 is 1.44 bits per heavy atom. The van der Waals surface area contributed by atoms with Gasteiger partial charge in [-0.1, -0.05) is 0 Å². The molecule has 0 spiro atoms. The summed E-state index contributed by atoms with van der Waals surface area (Å²) >= 11 is 0. The Morgan fingerprint density at radius 2 is 2.12 bits per heavy atom. The van der Waals surface area contributed by atoms with Crippen LogP contribution in [0.25, 0.3) is 0 Å². The molecule has 86 valence electrons. The van der Waals surface area contributed by atoms with Crippen molar-refractivity contribution in [2.75, 3.05) is 18.0 Å². The quantitative estimate of drug-likeness (QED) is 0.825. The number of anilines is 1. The van der Waals surface area contributed by atoms with Crippen LogP contribution >= 0.6 is 0 Å². The zero-order valence-corrected chi connectivity index (χ0v) is 9.31. The van der Waals surface area contributed by atoms with E-state index in [4.69, 9.17) is 5.11 Å². The van der Waals surface area contributed by atoms with Crippen LogP contribution in [0.5, 0.6) is 0 Å². The van der Waals surface area contributed by atoms with Gasteiger partial charge in [-0.2, -0.15) is 0 Å². The number of carbonyl (C=O) groups is 1. The average Bonchev–Trinajstić information content (AvgIpc) is 2.67. The lowest BCUT2D eigenvalue weighted by Crippen LogP contribution is -2.21. The van der Waals surface area contributed by atoms with Crippen LogP contribution in [0.15, 0.2) is 6.07 Å². The van der Waals surface area contributed by atoms with E-state index >= 15 is 0 Å². The van der Waals surface area contributed by atoms with Crippen molar-refractivity contribution in [3.05, 3.63) is 17.5 Å². The Hall–Kier alpha value is -1.65. The molecule has 1 aromatic rings. The molecule has 1 N–H and O–H groups in total. The van der Waals surface area contributed by atoms with Crippen molar-refractivity contribution < 1.29 is 9.90 Å². The minimum atomic E-state index is -0.856. The first-order chi connectivity index (χ1) is 7.65. The largest absolute Gasteiger partial charge is 0.481 e. The molecular formula is C11H15N3O2. The van der Waals surface area contributed by atoms with Gasteiger partial charge in [-0.3, -0.25) is 4.79 Å². The van der Waals surface area contributed by atoms with Gasteiger partial charge in [-0.25, -0.2) is 9.97 Å². The molecule has 2 rings (SSSR count). The van der Waals surface area contributed by atoms with Gasteiger partial charge >= 0.3 is 5.97 Å². The number of carboxylic acids is 1. The summed E-state index contributed by atoms with van der Waals surface area (Å²) < 4.78 is 0. The maximum atomic E-state index is 10.6. The first kappa shape index (κ1) is 10.9. The third kappa shape index (κ3) is 2.48. The fraction of sp³-hybridized carbons (Fsp3) is 0.545. The third-order valence-electron chi connectivity index (χ3n) is 2.62. The van der Waals surface area contributed by atoms with Crippen LogP contribution in [0.4, 0.5) is 5.95 Å². The number of hydrogen-bond donors (Lipinski definition) is 1. The topological polar surface area (TPSA) is 66.3 Å². The molecule has 1 aliphatic heterocycles. The molecule has 0 atom stereocenters. The molecule has 0 unspecified atom stereocenters. The van der Waals surface area contributed by atoms with Gasteiger partial charge in [0.25, 0.3) is 0 Å². The Bertz CT molecular complexity index is 400. The van der Waals surface area contributed by atoms with E-state index < -0.39 is 5.97 Å². The molecular weight excluding hydrogens is 206 g/mol. The first-order valence-electron chi connectivity index (χ1n) is 5.46. The molecule has 16 heavy (non-hydrogen) atoms. The SMILES string of the molecule is Cc1cc(CC(=O)O)nc(N2CCCC2)n1. The summed E-state index contributed by atoms with van der Waals surface area (Å²) in [4.78, 5) is 21.4. The molecule has 5 heteroatoms. The number of aromatic nitrogens is 2. The van der Waals surface area contributed by atoms with Crippen LogP contribution in [-0.4, -0.2) is 34.1 Å². The van der Waals surface area contributed by atoms with E-state index in [2.05, 4.69) is 14.9 Å². The van der Waals surface area contributed by atoms with Crippen molar-refractivity contribution in [2.24, 2.45) is 0 Å². The summed E-state index contributed by atoms with van der Waals surface area (Å²) in [6, 6.07) is 1.73. The van der Waals surface area contributed by atoms with Crippen LogP contribution in [0.2, 0.25) is 0 Å². The molecule has 1 aromatic heterocycles. The van der Waals surface area contributed by atoms with Crippen molar-refractivity contribution in [3.63, 3.8) is 0 Å². The molecule has 1 saturated heterocycles. The summed E-state index contributed by atoms with van der Waals surface area (Å²) in [7, 11) is 0. The first-order valence-corrected chi connectivity index (χ1v) is 5.46. The standard InChI is InChI=1S/C11H15N3O2/c1-8-6-9(7-10(15)16)13-11(12-8)14-4-2-3-5-14/h6H,2-5,7H2,1H3,(H,15,16). The number of carboxylic acid groups (broad SMARTS) is 1. The highest BCUT2D eigenvalue weighted by Crippen LogP contribution is 2.16. The van der Waals surface area contributed by atoms with Crippen LogP contribution in [0.1, 0.15) is 24.2 Å². The van der Waals surface area contributed by atoms with Crippen molar-refractivity contribution in [1.82, 2.24) is 9.97 Å². The van der Waals surface area contributed by atoms with Crippen LogP contribution < -0.4 is 4.90 Å². The van der Waals surface area contributed by atoms with E-state index in [9.17, 15) is 4.79 Å². The minimum absolute atomic E-state index is 0.0375. The van der Waals surface area contributed by atoms with Gasteiger partial charge < -0.3 is 10.0 Å². The second-order valence-electron chi connectivity index (χ2n) is 4.07. The van der Waals surface area contributed by atoms with Gasteiger partial charge in [-0.15, -0.1) is 0 Å². The Kier molecular flexibility index (Phi) is 3.03. The number of nitrogens with zero attached hydrogens (tertiary/aromatic N) is 3. The molecule has 0 bridgehead atoms. The highest BCUT2D eigenvalue weighted by Gasteiger charge is 2.16. The van der Waals surface area contributed by atoms with Gasteiger partial charge in [0, 0.05) is 18.8 Å². The predicted octanol–water partition coefficient (Wildman–Crippen LogP) is 1.01. The van der Waals surface area contributed by atoms with Crippen molar-refractivity contribution >= 4 is 11.9 Å². The van der Waals surface area contributed by atoms with Gasteiger partial charge in [0.05, 0.1) is 12.1 Å². The fourth-order valence-electron chi connectivity index (χ4n) is 1.92. The molecule has 0 radical (unpaired) electrons. The van der Waals surface area contributed by atoms with E-state index in [1.165, 1.54) is 0 Å². The monoisotopic (exact) mass is 221 g/mol. The number of aliphatic carboxylic acids is 1. The molecule has 2 heterocycles. The second kappa shape index (κ2) is 4.47. The fourth-order valence-corrected chi connectivity index (χ4v) is 1.92. The Balaban J connectivity index is 2.24. The van der Waals surface area contributed by atoms with Gasteiger partial charge in [-0.05, 0) is 25.8 Å². The molecule has 0 amide bonds. The molecule has 1 aliphatic rings. The van der Waals surface area contributed by atoms with Crippen molar-refractivity contribution in [1.29, 1.82) is 0 Å². The molecule has 0 aromatic carbocycles. The van der Waals surface area contributed by atoms with E-state index in [0.29, 0.717) is 11.6 Å². The van der Waals surface area contributed by atoms with Crippen LogP contribution in [-0.2, 0) is 11.2 Å². The Morgan fingerprint density at radius 3 is 2.75 bits per heavy atom. The van der Waals surface area contributed by atoms with Crippen molar-refractivity contribution in [2.45, 2.75) is 26.2 Å². The smallest absolute Gasteiger partial charge is 0.309 e. The normalized spacial score (nSPS) is 15.4. The zero-order valence-electron chi connectivity index (χ0n) is 9.31. The molecule has 0 saturated carbocycles. The molecule has 5 nitrogen and oxygen atoms in total. The number of hydrogen-bond acceptors (Lipinski definition) is 4. The highest BCUT2D eigenvalue weighted by atomic mass is 16.4. The van der Waals surface area contributed by atoms with E-state index in [0.717, 1.165) is 31.6 Å². The highest BCUT2D eigenvalue weighted by molar-refractivity contribution is 5.69. The van der Waals surface area contributed by atoms with Gasteiger partial charge in [0.2, 0.25) is 5.95 Å². The van der Waals surface area contributed by atoms with Crippen LogP contribution in [0.3, 0.4) is 0 Å².